The van der Waals surface area contributed by atoms with Gasteiger partial charge in [0.25, 0.3) is 5.91 Å². The molecule has 1 aliphatic rings. The summed E-state index contributed by atoms with van der Waals surface area (Å²) in [5, 5.41) is 12.9. The molecule has 0 spiro atoms. The van der Waals surface area contributed by atoms with Crippen molar-refractivity contribution in [3.63, 3.8) is 0 Å². The van der Waals surface area contributed by atoms with Crippen LogP contribution in [0.5, 0.6) is 0 Å². The molecule has 0 saturated heterocycles. The highest BCUT2D eigenvalue weighted by atomic mass is 79.9. The fourth-order valence-electron chi connectivity index (χ4n) is 2.54. The second kappa shape index (κ2) is 5.59. The van der Waals surface area contributed by atoms with Gasteiger partial charge in [0.15, 0.2) is 0 Å². The fourth-order valence-corrected chi connectivity index (χ4v) is 4.13. The fraction of sp³-hybridized carbons (Fsp3) is 0.400. The second-order valence-electron chi connectivity index (χ2n) is 5.64. The summed E-state index contributed by atoms with van der Waals surface area (Å²) >= 11 is 4.84. The van der Waals surface area contributed by atoms with Crippen molar-refractivity contribution in [1.82, 2.24) is 5.32 Å². The van der Waals surface area contributed by atoms with Crippen LogP contribution < -0.4 is 11.1 Å². The number of nitrogens with two attached hydrogens (primary N) is 1. The predicted octanol–water partition coefficient (Wildman–Crippen LogP) is 3.14. The number of aliphatic hydroxyl groups is 1. The van der Waals surface area contributed by atoms with Gasteiger partial charge in [-0.1, -0.05) is 22.0 Å². The van der Waals surface area contributed by atoms with Crippen molar-refractivity contribution >= 4 is 48.9 Å². The molecule has 2 aromatic rings. The Kier molecular flexibility index (Phi) is 3.94. The first kappa shape index (κ1) is 14.8. The number of fused-ring (bicyclic) bond motifs is 1. The molecule has 1 aromatic heterocycles. The van der Waals surface area contributed by atoms with Gasteiger partial charge < -0.3 is 16.2 Å². The number of carbonyl (C=O) groups excluding carboxylic acids is 1. The van der Waals surface area contributed by atoms with Crippen molar-refractivity contribution < 1.29 is 9.90 Å². The summed E-state index contributed by atoms with van der Waals surface area (Å²) in [6.07, 6.45) is 2.90. The summed E-state index contributed by atoms with van der Waals surface area (Å²) < 4.78 is 1.98. The molecule has 0 aliphatic heterocycles. The first-order valence-corrected chi connectivity index (χ1v) is 8.52. The molecule has 1 amide bonds. The van der Waals surface area contributed by atoms with Gasteiger partial charge in [-0.3, -0.25) is 4.79 Å². The summed E-state index contributed by atoms with van der Waals surface area (Å²) in [5.74, 6) is -0.117. The Morgan fingerprint density at radius 3 is 2.90 bits per heavy atom. The van der Waals surface area contributed by atoms with E-state index in [9.17, 15) is 4.79 Å². The highest BCUT2D eigenvalue weighted by Crippen LogP contribution is 2.48. The molecular weight excluding hydrogens is 352 g/mol. The molecule has 1 aromatic carbocycles. The number of nitrogen functional groups attached to an aromatic ring is 1. The SMILES string of the molecule is Nc1c(C(=O)NCC2(CCO)CC2)sc2cc(Br)ccc12. The van der Waals surface area contributed by atoms with Crippen molar-refractivity contribution in [3.8, 4) is 0 Å². The molecule has 6 heteroatoms. The van der Waals surface area contributed by atoms with Gasteiger partial charge in [-0.15, -0.1) is 11.3 Å². The number of hydrogen-bond donors (Lipinski definition) is 3. The monoisotopic (exact) mass is 368 g/mol. The predicted molar refractivity (Wildman–Crippen MR) is 89.6 cm³/mol. The minimum absolute atomic E-state index is 0.110. The molecule has 0 radical (unpaired) electrons. The van der Waals surface area contributed by atoms with E-state index in [1.54, 1.807) is 0 Å². The average Bonchev–Trinajstić information content (AvgIpc) is 3.15. The molecule has 4 nitrogen and oxygen atoms in total. The zero-order chi connectivity index (χ0) is 15.0. The molecule has 0 atom stereocenters. The van der Waals surface area contributed by atoms with Gasteiger partial charge >= 0.3 is 0 Å². The molecule has 1 saturated carbocycles. The van der Waals surface area contributed by atoms with Crippen molar-refractivity contribution in [2.45, 2.75) is 19.3 Å². The van der Waals surface area contributed by atoms with Crippen LogP contribution in [0, 0.1) is 5.41 Å². The lowest BCUT2D eigenvalue weighted by atomic mass is 10.0. The third-order valence-corrected chi connectivity index (χ3v) is 5.78. The minimum atomic E-state index is -0.117. The Morgan fingerprint density at radius 2 is 2.24 bits per heavy atom. The molecule has 112 valence electrons. The zero-order valence-electron chi connectivity index (χ0n) is 11.5. The molecule has 1 aliphatic carbocycles. The maximum absolute atomic E-state index is 12.3. The Morgan fingerprint density at radius 1 is 1.48 bits per heavy atom. The number of rotatable bonds is 5. The molecular formula is C15H17BrN2O2S. The average molecular weight is 369 g/mol. The van der Waals surface area contributed by atoms with Crippen LogP contribution in [-0.4, -0.2) is 24.2 Å². The molecule has 21 heavy (non-hydrogen) atoms. The highest BCUT2D eigenvalue weighted by Gasteiger charge is 2.42. The lowest BCUT2D eigenvalue weighted by molar-refractivity contribution is 0.0945. The van der Waals surface area contributed by atoms with E-state index in [1.165, 1.54) is 11.3 Å². The summed E-state index contributed by atoms with van der Waals surface area (Å²) in [6.45, 7) is 0.790. The van der Waals surface area contributed by atoms with Gasteiger partial charge in [0.05, 0.1) is 5.69 Å². The minimum Gasteiger partial charge on any atom is -0.397 e. The van der Waals surface area contributed by atoms with Crippen molar-refractivity contribution in [3.05, 3.63) is 27.5 Å². The quantitative estimate of drug-likeness (QED) is 0.758. The van der Waals surface area contributed by atoms with Gasteiger partial charge in [-0.05, 0) is 36.8 Å². The van der Waals surface area contributed by atoms with Crippen LogP contribution in [-0.2, 0) is 0 Å². The van der Waals surface area contributed by atoms with Crippen molar-refractivity contribution in [1.29, 1.82) is 0 Å². The molecule has 4 N–H and O–H groups in total. The molecule has 1 fully saturated rings. The van der Waals surface area contributed by atoms with E-state index >= 15 is 0 Å². The summed E-state index contributed by atoms with van der Waals surface area (Å²) in [7, 11) is 0. The second-order valence-corrected chi connectivity index (χ2v) is 7.61. The smallest absolute Gasteiger partial charge is 0.263 e. The van der Waals surface area contributed by atoms with Crippen LogP contribution in [0.4, 0.5) is 5.69 Å². The van der Waals surface area contributed by atoms with E-state index in [4.69, 9.17) is 10.8 Å². The Labute approximate surface area is 135 Å². The summed E-state index contributed by atoms with van der Waals surface area (Å²) in [6, 6.07) is 5.82. The van der Waals surface area contributed by atoms with Gasteiger partial charge in [0, 0.05) is 27.7 Å². The topological polar surface area (TPSA) is 75.4 Å². The van der Waals surface area contributed by atoms with E-state index in [-0.39, 0.29) is 17.9 Å². The van der Waals surface area contributed by atoms with Crippen LogP contribution >= 0.6 is 27.3 Å². The molecule has 1 heterocycles. The highest BCUT2D eigenvalue weighted by molar-refractivity contribution is 9.10. The summed E-state index contributed by atoms with van der Waals surface area (Å²) in [4.78, 5) is 12.9. The zero-order valence-corrected chi connectivity index (χ0v) is 13.9. The van der Waals surface area contributed by atoms with E-state index in [2.05, 4.69) is 21.2 Å². The van der Waals surface area contributed by atoms with E-state index in [0.717, 1.165) is 33.8 Å². The number of carbonyl (C=O) groups is 1. The number of benzene rings is 1. The summed E-state index contributed by atoms with van der Waals surface area (Å²) in [5.41, 5.74) is 6.76. The first-order valence-electron chi connectivity index (χ1n) is 6.91. The van der Waals surface area contributed by atoms with Crippen LogP contribution in [0.2, 0.25) is 0 Å². The number of hydrogen-bond acceptors (Lipinski definition) is 4. The standard InChI is InChI=1S/C15H17BrN2O2S/c16-9-1-2-10-11(7-9)21-13(12(10)17)14(20)18-8-15(3-4-15)5-6-19/h1-2,7,19H,3-6,8,17H2,(H,18,20). The van der Waals surface area contributed by atoms with Gasteiger partial charge in [0.2, 0.25) is 0 Å². The Hall–Kier alpha value is -1.11. The maximum Gasteiger partial charge on any atom is 0.263 e. The van der Waals surface area contributed by atoms with Crippen LogP contribution in [0.15, 0.2) is 22.7 Å². The largest absolute Gasteiger partial charge is 0.397 e. The first-order chi connectivity index (χ1) is 10.0. The van der Waals surface area contributed by atoms with E-state index < -0.39 is 0 Å². The van der Waals surface area contributed by atoms with E-state index in [0.29, 0.717) is 17.1 Å². The number of nitrogens with one attached hydrogen (secondary N) is 1. The Bertz CT molecular complexity index is 694. The van der Waals surface area contributed by atoms with Gasteiger partial charge in [0.1, 0.15) is 4.88 Å². The van der Waals surface area contributed by atoms with Crippen LogP contribution in [0.25, 0.3) is 10.1 Å². The van der Waals surface area contributed by atoms with Gasteiger partial charge in [-0.2, -0.15) is 0 Å². The number of aliphatic hydroxyl groups excluding tert-OH is 1. The maximum atomic E-state index is 12.3. The molecule has 0 unspecified atom stereocenters. The lowest BCUT2D eigenvalue weighted by Crippen LogP contribution is -2.30. The number of halogens is 1. The third-order valence-electron chi connectivity index (χ3n) is 4.12. The normalized spacial score (nSPS) is 16.1. The van der Waals surface area contributed by atoms with Crippen molar-refractivity contribution in [2.24, 2.45) is 5.41 Å². The van der Waals surface area contributed by atoms with E-state index in [1.807, 2.05) is 18.2 Å². The van der Waals surface area contributed by atoms with Crippen molar-refractivity contribution in [2.75, 3.05) is 18.9 Å². The van der Waals surface area contributed by atoms with Crippen LogP contribution in [0.1, 0.15) is 28.9 Å². The van der Waals surface area contributed by atoms with Crippen LogP contribution in [0.3, 0.4) is 0 Å². The number of thiophene rings is 1. The number of amides is 1. The Balaban J connectivity index is 1.77. The lowest BCUT2D eigenvalue weighted by Gasteiger charge is -2.14. The number of anilines is 1. The third kappa shape index (κ3) is 2.93. The molecule has 3 rings (SSSR count). The van der Waals surface area contributed by atoms with Gasteiger partial charge in [-0.25, -0.2) is 0 Å². The molecule has 0 bridgehead atoms.